The molecule has 1 aromatic carbocycles. The molecule has 0 unspecified atom stereocenters. The van der Waals surface area contributed by atoms with Crippen LogP contribution >= 0.6 is 11.6 Å². The molecule has 0 aliphatic heterocycles. The molecule has 3 aromatic heterocycles. The highest BCUT2D eigenvalue weighted by Gasteiger charge is 2.14. The number of aryl methyl sites for hydroxylation is 1. The molecule has 21 heavy (non-hydrogen) atoms. The van der Waals surface area contributed by atoms with Crippen LogP contribution in [-0.4, -0.2) is 24.1 Å². The summed E-state index contributed by atoms with van der Waals surface area (Å²) in [4.78, 5) is 8.55. The average molecular weight is 298 g/mol. The van der Waals surface area contributed by atoms with E-state index in [2.05, 4.69) is 38.0 Å². The van der Waals surface area contributed by atoms with Crippen LogP contribution in [0.2, 0.25) is 0 Å². The first-order valence-electron chi connectivity index (χ1n) is 6.58. The lowest BCUT2D eigenvalue weighted by Crippen LogP contribution is -1.99. The maximum absolute atomic E-state index is 5.95. The van der Waals surface area contributed by atoms with E-state index in [1.807, 2.05) is 25.2 Å². The van der Waals surface area contributed by atoms with Crippen LogP contribution in [0.15, 0.2) is 42.9 Å². The molecule has 0 bridgehead atoms. The Balaban J connectivity index is 2.10. The minimum Gasteiger partial charge on any atom is -0.350 e. The summed E-state index contributed by atoms with van der Waals surface area (Å²) >= 11 is 5.95. The van der Waals surface area contributed by atoms with E-state index in [-0.39, 0.29) is 0 Å². The van der Waals surface area contributed by atoms with Gasteiger partial charge in [0.2, 0.25) is 0 Å². The molecule has 0 fully saturated rings. The molecule has 0 saturated heterocycles. The fraction of sp³-hybridized carbons (Fsp3) is 0.133. The monoisotopic (exact) mass is 297 g/mol. The SMILES string of the molecule is Cn1cc(-c2cc(CCl)nc3ncnn23)c2ccccc21. The molecule has 0 aliphatic rings. The smallest absolute Gasteiger partial charge is 0.252 e. The van der Waals surface area contributed by atoms with E-state index in [0.717, 1.165) is 17.0 Å². The minimum atomic E-state index is 0.348. The van der Waals surface area contributed by atoms with Crippen LogP contribution in [0.5, 0.6) is 0 Å². The van der Waals surface area contributed by atoms with Gasteiger partial charge in [-0.25, -0.2) is 4.98 Å². The van der Waals surface area contributed by atoms with Gasteiger partial charge in [0, 0.05) is 29.7 Å². The predicted octanol–water partition coefficient (Wildman–Crippen LogP) is 3.02. The first-order valence-corrected chi connectivity index (χ1v) is 7.11. The van der Waals surface area contributed by atoms with Gasteiger partial charge in [0.05, 0.1) is 17.3 Å². The number of para-hydroxylation sites is 1. The van der Waals surface area contributed by atoms with Crippen LogP contribution in [0.25, 0.3) is 27.9 Å². The first kappa shape index (κ1) is 12.3. The Hall–Kier alpha value is -2.40. The van der Waals surface area contributed by atoms with Gasteiger partial charge in [-0.2, -0.15) is 14.6 Å². The van der Waals surface area contributed by atoms with Crippen LogP contribution in [0.1, 0.15) is 5.69 Å². The van der Waals surface area contributed by atoms with E-state index in [0.29, 0.717) is 11.7 Å². The summed E-state index contributed by atoms with van der Waals surface area (Å²) in [6.45, 7) is 0. The number of halogens is 1. The first-order chi connectivity index (χ1) is 10.3. The molecule has 0 saturated carbocycles. The van der Waals surface area contributed by atoms with Crippen molar-refractivity contribution in [3.8, 4) is 11.3 Å². The zero-order valence-corrected chi connectivity index (χ0v) is 12.1. The Kier molecular flexibility index (Phi) is 2.68. The fourth-order valence-corrected chi connectivity index (χ4v) is 2.80. The van der Waals surface area contributed by atoms with Gasteiger partial charge in [-0.15, -0.1) is 11.6 Å². The Morgan fingerprint density at radius 1 is 1.24 bits per heavy atom. The normalized spacial score (nSPS) is 11.5. The van der Waals surface area contributed by atoms with Gasteiger partial charge in [0.15, 0.2) is 0 Å². The second kappa shape index (κ2) is 4.56. The van der Waals surface area contributed by atoms with Crippen molar-refractivity contribution in [2.45, 2.75) is 5.88 Å². The van der Waals surface area contributed by atoms with E-state index in [1.54, 1.807) is 4.52 Å². The summed E-state index contributed by atoms with van der Waals surface area (Å²) < 4.78 is 3.85. The van der Waals surface area contributed by atoms with E-state index in [1.165, 1.54) is 17.2 Å². The molecule has 0 N–H and O–H groups in total. The molecule has 5 nitrogen and oxygen atoms in total. The largest absolute Gasteiger partial charge is 0.350 e. The van der Waals surface area contributed by atoms with Crippen LogP contribution in [0.3, 0.4) is 0 Å². The van der Waals surface area contributed by atoms with Crippen molar-refractivity contribution < 1.29 is 0 Å². The zero-order valence-electron chi connectivity index (χ0n) is 11.4. The van der Waals surface area contributed by atoms with Crippen molar-refractivity contribution in [1.82, 2.24) is 24.1 Å². The van der Waals surface area contributed by atoms with E-state index >= 15 is 0 Å². The van der Waals surface area contributed by atoms with Gasteiger partial charge in [-0.3, -0.25) is 0 Å². The molecular weight excluding hydrogens is 286 g/mol. The van der Waals surface area contributed by atoms with Crippen molar-refractivity contribution in [2.24, 2.45) is 7.05 Å². The lowest BCUT2D eigenvalue weighted by atomic mass is 10.1. The van der Waals surface area contributed by atoms with Crippen LogP contribution in [-0.2, 0) is 12.9 Å². The third kappa shape index (κ3) is 1.81. The predicted molar refractivity (Wildman–Crippen MR) is 82.3 cm³/mol. The molecule has 0 atom stereocenters. The highest BCUT2D eigenvalue weighted by atomic mass is 35.5. The van der Waals surface area contributed by atoms with Gasteiger partial charge in [-0.05, 0) is 12.1 Å². The van der Waals surface area contributed by atoms with Gasteiger partial charge in [0.25, 0.3) is 5.78 Å². The number of hydrogen-bond acceptors (Lipinski definition) is 3. The Morgan fingerprint density at radius 3 is 2.95 bits per heavy atom. The highest BCUT2D eigenvalue weighted by Crippen LogP contribution is 2.30. The van der Waals surface area contributed by atoms with Gasteiger partial charge < -0.3 is 4.57 Å². The molecule has 3 heterocycles. The van der Waals surface area contributed by atoms with Crippen molar-refractivity contribution in [3.05, 3.63) is 48.5 Å². The third-order valence-electron chi connectivity index (χ3n) is 3.61. The number of alkyl halides is 1. The lowest BCUT2D eigenvalue weighted by Gasteiger charge is -2.05. The minimum absolute atomic E-state index is 0.348. The second-order valence-electron chi connectivity index (χ2n) is 4.91. The summed E-state index contributed by atoms with van der Waals surface area (Å²) in [6, 6.07) is 10.2. The van der Waals surface area contributed by atoms with Crippen molar-refractivity contribution in [1.29, 1.82) is 0 Å². The topological polar surface area (TPSA) is 48.0 Å². The molecule has 0 amide bonds. The molecule has 4 aromatic rings. The number of nitrogens with zero attached hydrogens (tertiary/aromatic N) is 5. The van der Waals surface area contributed by atoms with E-state index in [4.69, 9.17) is 11.6 Å². The molecule has 4 rings (SSSR count). The maximum Gasteiger partial charge on any atom is 0.252 e. The van der Waals surface area contributed by atoms with E-state index < -0.39 is 0 Å². The van der Waals surface area contributed by atoms with Crippen molar-refractivity contribution >= 4 is 28.3 Å². The summed E-state index contributed by atoms with van der Waals surface area (Å²) in [5.41, 5.74) is 4.01. The Morgan fingerprint density at radius 2 is 2.10 bits per heavy atom. The maximum atomic E-state index is 5.95. The van der Waals surface area contributed by atoms with Crippen LogP contribution in [0.4, 0.5) is 0 Å². The molecule has 6 heteroatoms. The number of aromatic nitrogens is 5. The van der Waals surface area contributed by atoms with Gasteiger partial charge >= 0.3 is 0 Å². The van der Waals surface area contributed by atoms with Gasteiger partial charge in [-0.1, -0.05) is 18.2 Å². The van der Waals surface area contributed by atoms with Crippen LogP contribution < -0.4 is 0 Å². The van der Waals surface area contributed by atoms with Crippen molar-refractivity contribution in [2.75, 3.05) is 0 Å². The lowest BCUT2D eigenvalue weighted by molar-refractivity contribution is 0.929. The third-order valence-corrected chi connectivity index (χ3v) is 3.89. The number of benzene rings is 1. The quantitative estimate of drug-likeness (QED) is 0.534. The van der Waals surface area contributed by atoms with E-state index in [9.17, 15) is 0 Å². The molecular formula is C15H12ClN5. The molecule has 0 spiro atoms. The number of fused-ring (bicyclic) bond motifs is 2. The van der Waals surface area contributed by atoms with Crippen LogP contribution in [0, 0.1) is 0 Å². The summed E-state index contributed by atoms with van der Waals surface area (Å²) in [5.74, 6) is 0.914. The molecule has 104 valence electrons. The fourth-order valence-electron chi connectivity index (χ4n) is 2.67. The highest BCUT2D eigenvalue weighted by molar-refractivity contribution is 6.17. The standard InChI is InChI=1S/C15H12ClN5/c1-20-8-12(11-4-2-3-5-13(11)20)14-6-10(7-16)19-15-17-9-18-21(14)15/h2-6,8-9H,7H2,1H3. The zero-order chi connectivity index (χ0) is 14.4. The molecule has 0 radical (unpaired) electrons. The Labute approximate surface area is 125 Å². The Bertz CT molecular complexity index is 953. The number of rotatable bonds is 2. The van der Waals surface area contributed by atoms with Gasteiger partial charge in [0.1, 0.15) is 6.33 Å². The summed E-state index contributed by atoms with van der Waals surface area (Å²) in [5, 5.41) is 5.45. The molecule has 0 aliphatic carbocycles. The summed E-state index contributed by atoms with van der Waals surface area (Å²) in [7, 11) is 2.04. The summed E-state index contributed by atoms with van der Waals surface area (Å²) in [6.07, 6.45) is 3.61. The number of hydrogen-bond donors (Lipinski definition) is 0. The average Bonchev–Trinajstić information content (AvgIpc) is 3.11. The second-order valence-corrected chi connectivity index (χ2v) is 5.18. The van der Waals surface area contributed by atoms with Crippen molar-refractivity contribution in [3.63, 3.8) is 0 Å².